The van der Waals surface area contributed by atoms with E-state index in [-0.39, 0.29) is 11.8 Å². The molecule has 0 fully saturated rings. The summed E-state index contributed by atoms with van der Waals surface area (Å²) in [6.07, 6.45) is 6.69. The second-order valence-electron chi connectivity index (χ2n) is 9.59. The normalized spacial score (nSPS) is 15.0. The molecule has 0 bridgehead atoms. The molecule has 0 spiro atoms. The molecule has 0 amide bonds. The fraction of sp³-hybridized carbons (Fsp3) is 0.290. The zero-order valence-electron chi connectivity index (χ0n) is 21.3. The molecule has 38 heavy (non-hydrogen) atoms. The molecule has 1 unspecified atom stereocenters. The summed E-state index contributed by atoms with van der Waals surface area (Å²) < 4.78 is 31.1. The maximum Gasteiger partial charge on any atom is 0.387 e. The van der Waals surface area contributed by atoms with Crippen molar-refractivity contribution in [1.82, 2.24) is 20.2 Å². The molecule has 2 aromatic heterocycles. The van der Waals surface area contributed by atoms with Gasteiger partial charge in [0.1, 0.15) is 5.75 Å². The summed E-state index contributed by atoms with van der Waals surface area (Å²) in [5.74, 6) is 0.221. The standard InChI is InChI=1S/C31H32F2N4O/c32-31(33)38-29-12-2-1-7-26(29)22-37(28-11-5-8-25-9-6-18-36-30(25)28)21-24-15-13-23(14-16-24)19-34-20-27-10-3-4-17-35-27/h1-4,6-7,9-10,12-18,28,31,34H,5,8,11,19-22H2. The van der Waals surface area contributed by atoms with Crippen molar-refractivity contribution in [3.05, 3.63) is 125 Å². The maximum atomic E-state index is 13.1. The van der Waals surface area contributed by atoms with Crippen molar-refractivity contribution in [3.8, 4) is 5.75 Å². The Hall–Kier alpha value is -3.68. The molecule has 1 aliphatic carbocycles. The Morgan fingerprint density at radius 2 is 1.63 bits per heavy atom. The van der Waals surface area contributed by atoms with Crippen LogP contribution in [0.2, 0.25) is 0 Å². The van der Waals surface area contributed by atoms with E-state index in [0.29, 0.717) is 19.6 Å². The number of nitrogens with zero attached hydrogens (tertiary/aromatic N) is 3. The van der Waals surface area contributed by atoms with Crippen LogP contribution < -0.4 is 10.1 Å². The van der Waals surface area contributed by atoms with Crippen LogP contribution in [0, 0.1) is 0 Å². The number of nitrogens with one attached hydrogen (secondary N) is 1. The lowest BCUT2D eigenvalue weighted by molar-refractivity contribution is -0.0509. The molecule has 0 radical (unpaired) electrons. The van der Waals surface area contributed by atoms with Gasteiger partial charge in [-0.2, -0.15) is 8.78 Å². The summed E-state index contributed by atoms with van der Waals surface area (Å²) in [6.45, 7) is -0.244. The van der Waals surface area contributed by atoms with Gasteiger partial charge in [-0.3, -0.25) is 14.9 Å². The number of rotatable bonds is 11. The Balaban J connectivity index is 1.33. The predicted molar refractivity (Wildman–Crippen MR) is 143 cm³/mol. The minimum Gasteiger partial charge on any atom is -0.434 e. The zero-order valence-corrected chi connectivity index (χ0v) is 21.3. The summed E-state index contributed by atoms with van der Waals surface area (Å²) in [5, 5.41) is 3.44. The molecule has 0 aliphatic heterocycles. The third-order valence-corrected chi connectivity index (χ3v) is 6.94. The first-order valence-corrected chi connectivity index (χ1v) is 13.0. The van der Waals surface area contributed by atoms with Gasteiger partial charge in [-0.15, -0.1) is 0 Å². The third-order valence-electron chi connectivity index (χ3n) is 6.94. The average molecular weight is 515 g/mol. The second-order valence-corrected chi connectivity index (χ2v) is 9.59. The summed E-state index contributed by atoms with van der Waals surface area (Å²) >= 11 is 0. The van der Waals surface area contributed by atoms with Gasteiger partial charge in [0.25, 0.3) is 0 Å². The van der Waals surface area contributed by atoms with E-state index in [0.717, 1.165) is 48.3 Å². The summed E-state index contributed by atoms with van der Waals surface area (Å²) in [4.78, 5) is 11.4. The van der Waals surface area contributed by atoms with Crippen molar-refractivity contribution in [1.29, 1.82) is 0 Å². The van der Waals surface area contributed by atoms with Crippen LogP contribution in [0.25, 0.3) is 0 Å². The molecule has 2 aromatic carbocycles. The largest absolute Gasteiger partial charge is 0.434 e. The van der Waals surface area contributed by atoms with E-state index in [1.54, 1.807) is 18.3 Å². The monoisotopic (exact) mass is 514 g/mol. The molecule has 7 heteroatoms. The van der Waals surface area contributed by atoms with Crippen molar-refractivity contribution in [2.45, 2.75) is 58.1 Å². The summed E-state index contributed by atoms with van der Waals surface area (Å²) in [6, 6.07) is 25.8. The minimum absolute atomic E-state index is 0.0965. The van der Waals surface area contributed by atoms with Gasteiger partial charge in [-0.05, 0) is 60.2 Å². The molecule has 5 nitrogen and oxygen atoms in total. The highest BCUT2D eigenvalue weighted by Gasteiger charge is 2.28. The van der Waals surface area contributed by atoms with Gasteiger partial charge in [-0.25, -0.2) is 0 Å². The van der Waals surface area contributed by atoms with Crippen LogP contribution in [0.15, 0.2) is 91.3 Å². The van der Waals surface area contributed by atoms with E-state index >= 15 is 0 Å². The molecule has 5 rings (SSSR count). The van der Waals surface area contributed by atoms with Crippen LogP contribution in [-0.4, -0.2) is 21.5 Å². The van der Waals surface area contributed by atoms with E-state index in [9.17, 15) is 8.78 Å². The third kappa shape index (κ3) is 6.79. The van der Waals surface area contributed by atoms with Crippen molar-refractivity contribution in [3.63, 3.8) is 0 Å². The van der Waals surface area contributed by atoms with Crippen LogP contribution in [-0.2, 0) is 32.6 Å². The fourth-order valence-corrected chi connectivity index (χ4v) is 5.12. The first kappa shape index (κ1) is 25.9. The number of halogens is 2. The molecule has 1 aliphatic rings. The van der Waals surface area contributed by atoms with Crippen molar-refractivity contribution < 1.29 is 13.5 Å². The number of alkyl halides is 2. The topological polar surface area (TPSA) is 50.3 Å². The molecular formula is C31H32F2N4O. The van der Waals surface area contributed by atoms with E-state index in [1.807, 2.05) is 42.6 Å². The lowest BCUT2D eigenvalue weighted by atomic mass is 9.90. The molecule has 1 N–H and O–H groups in total. The van der Waals surface area contributed by atoms with Gasteiger partial charge in [0.15, 0.2) is 0 Å². The Bertz CT molecular complexity index is 1300. The van der Waals surface area contributed by atoms with Gasteiger partial charge < -0.3 is 10.1 Å². The zero-order chi connectivity index (χ0) is 26.2. The van der Waals surface area contributed by atoms with Crippen LogP contribution in [0.1, 0.15) is 52.5 Å². The molecule has 196 valence electrons. The minimum atomic E-state index is -2.86. The number of hydrogen-bond acceptors (Lipinski definition) is 5. The highest BCUT2D eigenvalue weighted by Crippen LogP contribution is 2.36. The Labute approximate surface area is 222 Å². The molecule has 4 aromatic rings. The van der Waals surface area contributed by atoms with E-state index in [4.69, 9.17) is 9.72 Å². The molecule has 2 heterocycles. The number of ether oxygens (including phenoxy) is 1. The molecule has 1 atom stereocenters. The first-order valence-electron chi connectivity index (χ1n) is 13.0. The van der Waals surface area contributed by atoms with E-state index in [2.05, 4.69) is 45.5 Å². The summed E-state index contributed by atoms with van der Waals surface area (Å²) in [7, 11) is 0. The van der Waals surface area contributed by atoms with Crippen molar-refractivity contribution in [2.75, 3.05) is 0 Å². The SMILES string of the molecule is FC(F)Oc1ccccc1CN(Cc1ccc(CNCc2ccccn2)cc1)C1CCCc2cccnc21. The van der Waals surface area contributed by atoms with Gasteiger partial charge >= 0.3 is 6.61 Å². The summed E-state index contributed by atoms with van der Waals surface area (Å²) in [5.41, 5.74) is 6.45. The Kier molecular flexibility index (Phi) is 8.68. The number of fused-ring (bicyclic) bond motifs is 1. The highest BCUT2D eigenvalue weighted by atomic mass is 19.3. The van der Waals surface area contributed by atoms with E-state index < -0.39 is 6.61 Å². The van der Waals surface area contributed by atoms with Gasteiger partial charge in [0.05, 0.1) is 17.4 Å². The van der Waals surface area contributed by atoms with Crippen LogP contribution >= 0.6 is 0 Å². The molecule has 0 saturated heterocycles. The van der Waals surface area contributed by atoms with Gasteiger partial charge in [0, 0.05) is 44.1 Å². The molecular weight excluding hydrogens is 482 g/mol. The maximum absolute atomic E-state index is 13.1. The van der Waals surface area contributed by atoms with Crippen LogP contribution in [0.5, 0.6) is 5.75 Å². The number of aryl methyl sites for hydroxylation is 1. The number of pyridine rings is 2. The number of para-hydroxylation sites is 1. The van der Waals surface area contributed by atoms with Gasteiger partial charge in [-0.1, -0.05) is 54.6 Å². The average Bonchev–Trinajstić information content (AvgIpc) is 2.94. The van der Waals surface area contributed by atoms with Gasteiger partial charge in [0.2, 0.25) is 0 Å². The van der Waals surface area contributed by atoms with E-state index in [1.165, 1.54) is 11.1 Å². The number of benzene rings is 2. The Morgan fingerprint density at radius 1 is 0.842 bits per heavy atom. The number of hydrogen-bond donors (Lipinski definition) is 1. The van der Waals surface area contributed by atoms with Crippen molar-refractivity contribution in [2.24, 2.45) is 0 Å². The quantitative estimate of drug-likeness (QED) is 0.249. The Morgan fingerprint density at radius 3 is 2.45 bits per heavy atom. The smallest absolute Gasteiger partial charge is 0.387 e. The predicted octanol–water partition coefficient (Wildman–Crippen LogP) is 6.45. The lowest BCUT2D eigenvalue weighted by Crippen LogP contribution is -2.31. The lowest BCUT2D eigenvalue weighted by Gasteiger charge is -2.35. The van der Waals surface area contributed by atoms with Crippen LogP contribution in [0.4, 0.5) is 8.78 Å². The first-order chi connectivity index (χ1) is 18.7. The van der Waals surface area contributed by atoms with Crippen molar-refractivity contribution >= 4 is 0 Å². The number of aromatic nitrogens is 2. The molecule has 0 saturated carbocycles. The second kappa shape index (κ2) is 12.7. The highest BCUT2D eigenvalue weighted by molar-refractivity contribution is 5.34. The fourth-order valence-electron chi connectivity index (χ4n) is 5.12. The van der Waals surface area contributed by atoms with Crippen LogP contribution in [0.3, 0.4) is 0 Å².